The zero-order valence-electron chi connectivity index (χ0n) is 12.9. The number of aliphatic carboxylic acids is 1. The summed E-state index contributed by atoms with van der Waals surface area (Å²) in [6.45, 7) is 1.33. The molecule has 1 aliphatic carbocycles. The Morgan fingerprint density at radius 3 is 2.58 bits per heavy atom. The number of carboxylic acids is 1. The lowest BCUT2D eigenvalue weighted by molar-refractivity contribution is -0.149. The Kier molecular flexibility index (Phi) is 3.85. The van der Waals surface area contributed by atoms with Crippen LogP contribution < -0.4 is 0 Å². The summed E-state index contributed by atoms with van der Waals surface area (Å²) < 4.78 is 39.5. The first-order chi connectivity index (χ1) is 11.2. The van der Waals surface area contributed by atoms with Crippen molar-refractivity contribution in [3.05, 3.63) is 47.3 Å². The number of rotatable bonds is 5. The third-order valence-electron chi connectivity index (χ3n) is 4.26. The maximum Gasteiger partial charge on any atom is 0.416 e. The molecule has 1 heterocycles. The molecule has 1 fully saturated rings. The lowest BCUT2D eigenvalue weighted by atomic mass is 9.90. The monoisotopic (exact) mass is 339 g/mol. The molecule has 0 aliphatic heterocycles. The van der Waals surface area contributed by atoms with E-state index in [9.17, 15) is 23.1 Å². The van der Waals surface area contributed by atoms with Gasteiger partial charge in [0.25, 0.3) is 0 Å². The Hall–Kier alpha value is -2.38. The minimum Gasteiger partial charge on any atom is -0.479 e. The van der Waals surface area contributed by atoms with Gasteiger partial charge in [0.2, 0.25) is 0 Å². The van der Waals surface area contributed by atoms with Crippen molar-refractivity contribution in [1.29, 1.82) is 0 Å². The number of halogens is 3. The van der Waals surface area contributed by atoms with Crippen LogP contribution in [0.4, 0.5) is 13.2 Å². The molecule has 0 spiro atoms. The second-order valence-corrected chi connectivity index (χ2v) is 6.24. The van der Waals surface area contributed by atoms with Crippen LogP contribution in [0.15, 0.2) is 30.5 Å². The fraction of sp³-hybridized carbons (Fsp3) is 0.438. The van der Waals surface area contributed by atoms with Crippen molar-refractivity contribution in [2.45, 2.75) is 43.8 Å². The van der Waals surface area contributed by atoms with Gasteiger partial charge in [-0.1, -0.05) is 18.2 Å². The van der Waals surface area contributed by atoms with Gasteiger partial charge in [0.1, 0.15) is 0 Å². The van der Waals surface area contributed by atoms with Crippen LogP contribution in [0.25, 0.3) is 0 Å². The van der Waals surface area contributed by atoms with Crippen LogP contribution in [0, 0.1) is 0 Å². The van der Waals surface area contributed by atoms with Gasteiger partial charge in [0.05, 0.1) is 17.5 Å². The van der Waals surface area contributed by atoms with E-state index < -0.39 is 23.2 Å². The van der Waals surface area contributed by atoms with E-state index >= 15 is 0 Å². The smallest absolute Gasteiger partial charge is 0.416 e. The van der Waals surface area contributed by atoms with Crippen LogP contribution in [0.1, 0.15) is 42.5 Å². The molecule has 1 saturated carbocycles. The van der Waals surface area contributed by atoms with Crippen molar-refractivity contribution in [1.82, 2.24) is 15.0 Å². The number of nitrogens with zero attached hydrogens (tertiary/aromatic N) is 3. The quantitative estimate of drug-likeness (QED) is 0.908. The second kappa shape index (κ2) is 5.61. The third kappa shape index (κ3) is 3.00. The predicted octanol–water partition coefficient (Wildman–Crippen LogP) is 3.22. The van der Waals surface area contributed by atoms with Gasteiger partial charge >= 0.3 is 12.1 Å². The molecule has 1 aromatic heterocycles. The Morgan fingerprint density at radius 2 is 2.00 bits per heavy atom. The van der Waals surface area contributed by atoms with E-state index in [0.29, 0.717) is 5.69 Å². The zero-order valence-corrected chi connectivity index (χ0v) is 12.9. The number of aromatic nitrogens is 3. The van der Waals surface area contributed by atoms with Gasteiger partial charge in [-0.25, -0.2) is 4.79 Å². The molecule has 3 rings (SSSR count). The van der Waals surface area contributed by atoms with E-state index in [0.717, 1.165) is 23.7 Å². The average Bonchev–Trinajstić information content (AvgIpc) is 3.23. The van der Waals surface area contributed by atoms with Crippen LogP contribution in [-0.2, 0) is 22.9 Å². The molecule has 128 valence electrons. The lowest BCUT2D eigenvalue weighted by Gasteiger charge is -2.25. The van der Waals surface area contributed by atoms with Crippen molar-refractivity contribution in [3.63, 3.8) is 0 Å². The fourth-order valence-electron chi connectivity index (χ4n) is 2.63. The summed E-state index contributed by atoms with van der Waals surface area (Å²) in [5, 5.41) is 17.8. The number of alkyl halides is 3. The average molecular weight is 339 g/mol. The molecule has 1 aromatic carbocycles. The van der Waals surface area contributed by atoms with Crippen LogP contribution >= 0.6 is 0 Å². The Balaban J connectivity index is 1.98. The lowest BCUT2D eigenvalue weighted by Crippen LogP contribution is -2.43. The van der Waals surface area contributed by atoms with E-state index in [-0.39, 0.29) is 17.9 Å². The molecular weight excluding hydrogens is 323 g/mol. The third-order valence-corrected chi connectivity index (χ3v) is 4.26. The van der Waals surface area contributed by atoms with Crippen molar-refractivity contribution in [2.24, 2.45) is 0 Å². The summed E-state index contributed by atoms with van der Waals surface area (Å²) in [6.07, 6.45) is -1.48. The number of carbonyl (C=O) groups is 1. The van der Waals surface area contributed by atoms with Gasteiger partial charge in [-0.3, -0.25) is 0 Å². The molecule has 1 aliphatic rings. The summed E-state index contributed by atoms with van der Waals surface area (Å²) in [5.74, 6) is -1.00. The summed E-state index contributed by atoms with van der Waals surface area (Å²) >= 11 is 0. The first-order valence-electron chi connectivity index (χ1n) is 7.53. The van der Waals surface area contributed by atoms with E-state index in [1.807, 2.05) is 0 Å². The highest BCUT2D eigenvalue weighted by Crippen LogP contribution is 2.39. The van der Waals surface area contributed by atoms with Gasteiger partial charge in [-0.15, -0.1) is 0 Å². The topological polar surface area (TPSA) is 68.0 Å². The Labute approximate surface area is 136 Å². The molecule has 0 radical (unpaired) electrons. The van der Waals surface area contributed by atoms with E-state index in [1.165, 1.54) is 31.3 Å². The standard InChI is InChI=1S/C16H16F3N3O2/c1-15(14(23)24,22-20-9-13(21-22)10-6-7-10)8-11-4-2-3-5-12(11)16(17,18)19/h2-5,9-10H,6-8H2,1H3,(H,23,24). The van der Waals surface area contributed by atoms with E-state index in [1.54, 1.807) is 0 Å². The van der Waals surface area contributed by atoms with Gasteiger partial charge in [0.15, 0.2) is 5.54 Å². The number of benzene rings is 1. The largest absolute Gasteiger partial charge is 0.479 e. The van der Waals surface area contributed by atoms with E-state index in [2.05, 4.69) is 10.2 Å². The SMILES string of the molecule is CC(Cc1ccccc1C(F)(F)F)(C(=O)O)n1ncc(C2CC2)n1. The highest BCUT2D eigenvalue weighted by Gasteiger charge is 2.42. The van der Waals surface area contributed by atoms with Crippen molar-refractivity contribution < 1.29 is 23.1 Å². The molecule has 5 nitrogen and oxygen atoms in total. The molecule has 2 aromatic rings. The maximum atomic E-state index is 13.2. The summed E-state index contributed by atoms with van der Waals surface area (Å²) in [6, 6.07) is 4.97. The molecular formula is C16H16F3N3O2. The summed E-state index contributed by atoms with van der Waals surface area (Å²) in [5.41, 5.74) is -1.95. The van der Waals surface area contributed by atoms with Crippen molar-refractivity contribution >= 4 is 5.97 Å². The van der Waals surface area contributed by atoms with Crippen molar-refractivity contribution in [3.8, 4) is 0 Å². The molecule has 0 bridgehead atoms. The highest BCUT2D eigenvalue weighted by atomic mass is 19.4. The second-order valence-electron chi connectivity index (χ2n) is 6.24. The predicted molar refractivity (Wildman–Crippen MR) is 78.4 cm³/mol. The summed E-state index contributed by atoms with van der Waals surface area (Å²) in [7, 11) is 0. The number of carboxylic acid groups (broad SMARTS) is 1. The van der Waals surface area contributed by atoms with Gasteiger partial charge < -0.3 is 5.11 Å². The maximum absolute atomic E-state index is 13.2. The van der Waals surface area contributed by atoms with E-state index in [4.69, 9.17) is 0 Å². The molecule has 1 unspecified atom stereocenters. The molecule has 8 heteroatoms. The molecule has 24 heavy (non-hydrogen) atoms. The first kappa shape index (κ1) is 16.5. The molecule has 0 amide bonds. The fourth-order valence-corrected chi connectivity index (χ4v) is 2.63. The van der Waals surface area contributed by atoms with Gasteiger partial charge in [0, 0.05) is 12.3 Å². The number of hydrogen-bond acceptors (Lipinski definition) is 3. The van der Waals surface area contributed by atoms with Crippen LogP contribution in [0.2, 0.25) is 0 Å². The minimum atomic E-state index is -4.55. The summed E-state index contributed by atoms with van der Waals surface area (Å²) in [4.78, 5) is 12.8. The molecule has 1 atom stereocenters. The Bertz CT molecular complexity index is 768. The van der Waals surface area contributed by atoms with Gasteiger partial charge in [-0.05, 0) is 31.4 Å². The number of hydrogen-bond donors (Lipinski definition) is 1. The minimum absolute atomic E-state index is 0.0971. The van der Waals surface area contributed by atoms with Crippen molar-refractivity contribution in [2.75, 3.05) is 0 Å². The highest BCUT2D eigenvalue weighted by molar-refractivity contribution is 5.76. The van der Waals surface area contributed by atoms with Crippen LogP contribution in [0.3, 0.4) is 0 Å². The normalized spacial score (nSPS) is 17.5. The van der Waals surface area contributed by atoms with Crippen LogP contribution in [-0.4, -0.2) is 26.1 Å². The molecule has 1 N–H and O–H groups in total. The molecule has 0 saturated heterocycles. The Morgan fingerprint density at radius 1 is 1.33 bits per heavy atom. The van der Waals surface area contributed by atoms with Crippen LogP contribution in [0.5, 0.6) is 0 Å². The zero-order chi connectivity index (χ0) is 17.5. The van der Waals surface area contributed by atoms with Gasteiger partial charge in [-0.2, -0.15) is 28.2 Å². The first-order valence-corrected chi connectivity index (χ1v) is 7.53.